The summed E-state index contributed by atoms with van der Waals surface area (Å²) in [7, 11) is 0.0405. The highest BCUT2D eigenvalue weighted by molar-refractivity contribution is 7.89. The first-order valence-electron chi connectivity index (χ1n) is 8.14. The molecule has 0 radical (unpaired) electrons. The molecule has 0 unspecified atom stereocenters. The van der Waals surface area contributed by atoms with Crippen LogP contribution in [0.25, 0.3) is 0 Å². The van der Waals surface area contributed by atoms with Gasteiger partial charge >= 0.3 is 0 Å². The lowest BCUT2D eigenvalue weighted by atomic mass is 10.3. The summed E-state index contributed by atoms with van der Waals surface area (Å²) in [6.45, 7) is 2.81. The lowest BCUT2D eigenvalue weighted by molar-refractivity contribution is 0.309. The second kappa shape index (κ2) is 8.77. The molecule has 0 aliphatic carbocycles. The van der Waals surface area contributed by atoms with Crippen molar-refractivity contribution in [3.63, 3.8) is 0 Å². The molecule has 7 nitrogen and oxygen atoms in total. The van der Waals surface area contributed by atoms with E-state index in [-0.39, 0.29) is 11.4 Å². The summed E-state index contributed by atoms with van der Waals surface area (Å²) in [5.41, 5.74) is 0.599. The van der Waals surface area contributed by atoms with Crippen molar-refractivity contribution < 1.29 is 13.2 Å². The minimum atomic E-state index is -3.61. The number of benzene rings is 1. The van der Waals surface area contributed by atoms with Gasteiger partial charge in [-0.05, 0) is 36.8 Å². The minimum absolute atomic E-state index is 0.0977. The summed E-state index contributed by atoms with van der Waals surface area (Å²) < 4.78 is 32.9. The van der Waals surface area contributed by atoms with Crippen molar-refractivity contribution in [1.29, 1.82) is 0 Å². The van der Waals surface area contributed by atoms with Crippen LogP contribution in [-0.2, 0) is 16.6 Å². The molecule has 8 heteroatoms. The van der Waals surface area contributed by atoms with E-state index >= 15 is 0 Å². The number of rotatable bonds is 9. The largest absolute Gasteiger partial charge is 0.494 e. The van der Waals surface area contributed by atoms with Crippen LogP contribution in [0.15, 0.2) is 41.4 Å². The fraction of sp³-hybridized carbons (Fsp3) is 0.412. The third-order valence-corrected chi connectivity index (χ3v) is 4.86. The lowest BCUT2D eigenvalue weighted by Gasteiger charge is -2.11. The molecule has 0 bridgehead atoms. The maximum absolute atomic E-state index is 12.4. The predicted molar refractivity (Wildman–Crippen MR) is 97.2 cm³/mol. The maximum Gasteiger partial charge on any atom is 0.240 e. The van der Waals surface area contributed by atoms with Gasteiger partial charge in [-0.15, -0.1) is 0 Å². The molecule has 25 heavy (non-hydrogen) atoms. The minimum Gasteiger partial charge on any atom is -0.494 e. The van der Waals surface area contributed by atoms with Crippen LogP contribution in [0.5, 0.6) is 5.75 Å². The first-order chi connectivity index (χ1) is 11.9. The molecule has 0 spiro atoms. The third-order valence-electron chi connectivity index (χ3n) is 3.44. The van der Waals surface area contributed by atoms with E-state index in [2.05, 4.69) is 21.6 Å². The second-order valence-corrected chi connectivity index (χ2v) is 7.51. The number of anilines is 1. The third kappa shape index (κ3) is 5.68. The van der Waals surface area contributed by atoms with Crippen LogP contribution in [0.3, 0.4) is 0 Å². The van der Waals surface area contributed by atoms with Gasteiger partial charge in [-0.3, -0.25) is 0 Å². The van der Waals surface area contributed by atoms with Gasteiger partial charge in [0.25, 0.3) is 0 Å². The number of aromatic nitrogens is 2. The van der Waals surface area contributed by atoms with Crippen molar-refractivity contribution in [3.8, 4) is 5.75 Å². The van der Waals surface area contributed by atoms with Crippen LogP contribution in [0.2, 0.25) is 0 Å². The number of unbranched alkanes of at least 4 members (excludes halogenated alkanes) is 1. The van der Waals surface area contributed by atoms with Gasteiger partial charge in [0.15, 0.2) is 0 Å². The molecule has 2 aromatic rings. The van der Waals surface area contributed by atoms with E-state index in [9.17, 15) is 8.42 Å². The first-order valence-corrected chi connectivity index (χ1v) is 9.62. The maximum atomic E-state index is 12.4. The van der Waals surface area contributed by atoms with E-state index in [4.69, 9.17) is 4.74 Å². The molecular weight excluding hydrogens is 340 g/mol. The first kappa shape index (κ1) is 19.1. The van der Waals surface area contributed by atoms with Crippen molar-refractivity contribution in [3.05, 3.63) is 42.2 Å². The van der Waals surface area contributed by atoms with Crippen LogP contribution in [0.4, 0.5) is 5.95 Å². The smallest absolute Gasteiger partial charge is 0.240 e. The van der Waals surface area contributed by atoms with Crippen molar-refractivity contribution >= 4 is 16.0 Å². The van der Waals surface area contributed by atoms with Crippen LogP contribution in [0, 0.1) is 0 Å². The highest BCUT2D eigenvalue weighted by Crippen LogP contribution is 2.16. The van der Waals surface area contributed by atoms with E-state index in [0.29, 0.717) is 24.0 Å². The molecule has 0 aliphatic heterocycles. The van der Waals surface area contributed by atoms with Gasteiger partial charge in [0, 0.05) is 20.3 Å². The van der Waals surface area contributed by atoms with Crippen molar-refractivity contribution in [2.75, 3.05) is 25.6 Å². The topological polar surface area (TPSA) is 84.4 Å². The Morgan fingerprint density at radius 1 is 1.16 bits per heavy atom. The molecule has 1 aromatic carbocycles. The van der Waals surface area contributed by atoms with Gasteiger partial charge in [-0.25, -0.2) is 23.1 Å². The molecule has 1 aromatic heterocycles. The SMILES string of the molecule is CCCCOc1ccc(S(=O)(=O)NCc2ccnc(N(C)C)n2)cc1. The number of hydrogen-bond donors (Lipinski definition) is 1. The van der Waals surface area contributed by atoms with Crippen molar-refractivity contribution in [1.82, 2.24) is 14.7 Å². The fourth-order valence-electron chi connectivity index (χ4n) is 2.00. The van der Waals surface area contributed by atoms with Gasteiger partial charge in [0.05, 0.1) is 23.7 Å². The Bertz CT molecular complexity index is 777. The van der Waals surface area contributed by atoms with E-state index in [1.54, 1.807) is 29.3 Å². The zero-order chi connectivity index (χ0) is 18.3. The average Bonchev–Trinajstić information content (AvgIpc) is 2.61. The number of nitrogens with zero attached hydrogens (tertiary/aromatic N) is 3. The number of ether oxygens (including phenoxy) is 1. The monoisotopic (exact) mass is 364 g/mol. The van der Waals surface area contributed by atoms with Gasteiger partial charge in [-0.1, -0.05) is 13.3 Å². The molecular formula is C17H24N4O3S. The molecule has 2 rings (SSSR count). The van der Waals surface area contributed by atoms with E-state index in [1.807, 2.05) is 14.1 Å². The Morgan fingerprint density at radius 3 is 2.52 bits per heavy atom. The molecule has 0 aliphatic rings. The molecule has 0 atom stereocenters. The predicted octanol–water partition coefficient (Wildman–Crippen LogP) is 2.20. The average molecular weight is 364 g/mol. The fourth-order valence-corrected chi connectivity index (χ4v) is 3.00. The summed E-state index contributed by atoms with van der Waals surface area (Å²) >= 11 is 0. The van der Waals surface area contributed by atoms with Gasteiger partial charge < -0.3 is 9.64 Å². The number of hydrogen-bond acceptors (Lipinski definition) is 6. The summed E-state index contributed by atoms with van der Waals surface area (Å²) in [5.74, 6) is 1.20. The van der Waals surface area contributed by atoms with Crippen molar-refractivity contribution in [2.45, 2.75) is 31.2 Å². The van der Waals surface area contributed by atoms with Crippen molar-refractivity contribution in [2.24, 2.45) is 0 Å². The Morgan fingerprint density at radius 2 is 1.88 bits per heavy atom. The molecule has 1 N–H and O–H groups in total. The van der Waals surface area contributed by atoms with E-state index in [0.717, 1.165) is 12.8 Å². The normalized spacial score (nSPS) is 11.3. The molecule has 0 amide bonds. The highest BCUT2D eigenvalue weighted by Gasteiger charge is 2.14. The Hall–Kier alpha value is -2.19. The van der Waals surface area contributed by atoms with Gasteiger partial charge in [0.1, 0.15) is 5.75 Å². The van der Waals surface area contributed by atoms with Crippen LogP contribution in [0.1, 0.15) is 25.5 Å². The molecule has 0 fully saturated rings. The Kier molecular flexibility index (Phi) is 6.72. The van der Waals surface area contributed by atoms with Crippen LogP contribution in [-0.4, -0.2) is 39.1 Å². The molecule has 136 valence electrons. The Labute approximate surface area is 149 Å². The summed E-state index contributed by atoms with van der Waals surface area (Å²) in [5, 5.41) is 0. The van der Waals surface area contributed by atoms with E-state index in [1.165, 1.54) is 12.1 Å². The zero-order valence-corrected chi connectivity index (χ0v) is 15.6. The summed E-state index contributed by atoms with van der Waals surface area (Å²) in [6, 6.07) is 8.09. The molecule has 1 heterocycles. The number of nitrogens with one attached hydrogen (secondary N) is 1. The lowest BCUT2D eigenvalue weighted by Crippen LogP contribution is -2.24. The van der Waals surface area contributed by atoms with Gasteiger partial charge in [-0.2, -0.15) is 0 Å². The highest BCUT2D eigenvalue weighted by atomic mass is 32.2. The molecule has 0 saturated heterocycles. The standard InChI is InChI=1S/C17H24N4O3S/c1-4-5-12-24-15-6-8-16(9-7-15)25(22,23)19-13-14-10-11-18-17(20-14)21(2)3/h6-11,19H,4-5,12-13H2,1-3H3. The van der Waals surface area contributed by atoms with Gasteiger partial charge in [0.2, 0.25) is 16.0 Å². The molecule has 0 saturated carbocycles. The zero-order valence-electron chi connectivity index (χ0n) is 14.8. The van der Waals surface area contributed by atoms with Crippen LogP contribution < -0.4 is 14.4 Å². The second-order valence-electron chi connectivity index (χ2n) is 5.74. The van der Waals surface area contributed by atoms with E-state index < -0.39 is 10.0 Å². The Balaban J connectivity index is 2.00. The quantitative estimate of drug-likeness (QED) is 0.687. The summed E-state index contributed by atoms with van der Waals surface area (Å²) in [6.07, 6.45) is 3.62. The van der Waals surface area contributed by atoms with Crippen LogP contribution >= 0.6 is 0 Å². The number of sulfonamides is 1. The summed E-state index contributed by atoms with van der Waals surface area (Å²) in [4.78, 5) is 10.3.